The second-order valence-electron chi connectivity index (χ2n) is 2.69. The van der Waals surface area contributed by atoms with E-state index in [1.807, 2.05) is 6.07 Å². The van der Waals surface area contributed by atoms with Gasteiger partial charge in [-0.15, -0.1) is 0 Å². The molecule has 0 unspecified atom stereocenters. The Morgan fingerprint density at radius 3 is 2.79 bits per heavy atom. The molecular weight excluding hydrogens is 188 g/mol. The number of nitrogens with zero attached hydrogens (tertiary/aromatic N) is 1. The molecule has 3 nitrogen and oxygen atoms in total. The maximum absolute atomic E-state index is 11.8. The lowest BCUT2D eigenvalue weighted by atomic mass is 10.2. The van der Waals surface area contributed by atoms with Crippen LogP contribution in [-0.4, -0.2) is 13.0 Å². The van der Waals surface area contributed by atoms with Crippen molar-refractivity contribution in [2.45, 2.75) is 6.43 Å². The number of halogens is 2. The minimum absolute atomic E-state index is 0.282. The van der Waals surface area contributed by atoms with Crippen molar-refractivity contribution in [1.29, 1.82) is 5.26 Å². The van der Waals surface area contributed by atoms with Gasteiger partial charge in [0, 0.05) is 11.4 Å². The minimum Gasteiger partial charge on any atom is -0.398 e. The van der Waals surface area contributed by atoms with Crippen LogP contribution in [0.25, 0.3) is 0 Å². The molecule has 0 fully saturated rings. The van der Waals surface area contributed by atoms with Gasteiger partial charge in [0.25, 0.3) is 6.43 Å². The highest BCUT2D eigenvalue weighted by atomic mass is 19.3. The molecule has 0 aliphatic heterocycles. The first-order chi connectivity index (χ1) is 6.63. The summed E-state index contributed by atoms with van der Waals surface area (Å²) >= 11 is 0. The van der Waals surface area contributed by atoms with E-state index in [-0.39, 0.29) is 5.56 Å². The molecule has 0 aliphatic carbocycles. The predicted molar refractivity (Wildman–Crippen MR) is 50.1 cm³/mol. The number of hydrogen-bond acceptors (Lipinski definition) is 3. The molecule has 0 amide bonds. The monoisotopic (exact) mass is 197 g/mol. The summed E-state index contributed by atoms with van der Waals surface area (Å²) in [6, 6.07) is 6.37. The zero-order valence-corrected chi connectivity index (χ0v) is 7.30. The average molecular weight is 197 g/mol. The van der Waals surface area contributed by atoms with Gasteiger partial charge in [-0.25, -0.2) is 8.78 Å². The van der Waals surface area contributed by atoms with Crippen LogP contribution in [0.15, 0.2) is 18.2 Å². The van der Waals surface area contributed by atoms with E-state index < -0.39 is 13.0 Å². The van der Waals surface area contributed by atoms with E-state index in [1.54, 1.807) is 6.07 Å². The third-order valence-electron chi connectivity index (χ3n) is 1.63. The molecule has 0 aliphatic rings. The number of nitrogen functional groups attached to an aromatic ring is 1. The van der Waals surface area contributed by atoms with Gasteiger partial charge in [-0.05, 0) is 18.2 Å². The van der Waals surface area contributed by atoms with Crippen molar-refractivity contribution in [3.05, 3.63) is 23.8 Å². The SMILES string of the molecule is N#Cc1cc(NCC(F)F)ccc1N. The van der Waals surface area contributed by atoms with Crippen LogP contribution in [0.3, 0.4) is 0 Å². The first kappa shape index (κ1) is 10.3. The Balaban J connectivity index is 2.76. The maximum Gasteiger partial charge on any atom is 0.255 e. The summed E-state index contributed by atoms with van der Waals surface area (Å²) in [6.45, 7) is -0.436. The van der Waals surface area contributed by atoms with E-state index in [1.165, 1.54) is 12.1 Å². The van der Waals surface area contributed by atoms with Crippen molar-refractivity contribution in [3.63, 3.8) is 0 Å². The molecule has 0 saturated carbocycles. The van der Waals surface area contributed by atoms with Gasteiger partial charge < -0.3 is 11.1 Å². The molecule has 1 aromatic rings. The Morgan fingerprint density at radius 1 is 1.50 bits per heavy atom. The molecule has 1 aromatic carbocycles. The number of nitriles is 1. The second kappa shape index (κ2) is 4.42. The van der Waals surface area contributed by atoms with Gasteiger partial charge in [-0.3, -0.25) is 0 Å². The standard InChI is InChI=1S/C9H9F2N3/c10-9(11)5-14-7-1-2-8(13)6(3-7)4-12/h1-3,9,14H,5,13H2. The van der Waals surface area contributed by atoms with Crippen LogP contribution >= 0.6 is 0 Å². The summed E-state index contributed by atoms with van der Waals surface area (Å²) in [5.41, 5.74) is 6.55. The molecule has 0 saturated heterocycles. The summed E-state index contributed by atoms with van der Waals surface area (Å²) in [4.78, 5) is 0. The third-order valence-corrected chi connectivity index (χ3v) is 1.63. The van der Waals surface area contributed by atoms with E-state index in [0.29, 0.717) is 11.4 Å². The summed E-state index contributed by atoms with van der Waals surface area (Å²) in [5, 5.41) is 11.1. The number of rotatable bonds is 3. The summed E-state index contributed by atoms with van der Waals surface area (Å²) in [5.74, 6) is 0. The van der Waals surface area contributed by atoms with Gasteiger partial charge in [0.1, 0.15) is 6.07 Å². The van der Waals surface area contributed by atoms with Crippen LogP contribution in [0, 0.1) is 11.3 Å². The highest BCUT2D eigenvalue weighted by Crippen LogP contribution is 2.16. The fourth-order valence-corrected chi connectivity index (χ4v) is 0.958. The fourth-order valence-electron chi connectivity index (χ4n) is 0.958. The highest BCUT2D eigenvalue weighted by Gasteiger charge is 2.03. The van der Waals surface area contributed by atoms with E-state index in [4.69, 9.17) is 11.0 Å². The Bertz CT molecular complexity index is 358. The van der Waals surface area contributed by atoms with E-state index in [9.17, 15) is 8.78 Å². The number of alkyl halides is 2. The van der Waals surface area contributed by atoms with Gasteiger partial charge >= 0.3 is 0 Å². The normalized spacial score (nSPS) is 9.86. The average Bonchev–Trinajstić information content (AvgIpc) is 2.16. The van der Waals surface area contributed by atoms with Crippen molar-refractivity contribution in [2.24, 2.45) is 0 Å². The molecule has 0 spiro atoms. The Kier molecular flexibility index (Phi) is 3.24. The van der Waals surface area contributed by atoms with Gasteiger partial charge in [0.2, 0.25) is 0 Å². The minimum atomic E-state index is -2.42. The number of benzene rings is 1. The number of nitrogens with two attached hydrogens (primary N) is 1. The topological polar surface area (TPSA) is 61.8 Å². The molecule has 5 heteroatoms. The molecule has 0 radical (unpaired) electrons. The Labute approximate surface area is 80.1 Å². The molecule has 1 rings (SSSR count). The zero-order valence-electron chi connectivity index (χ0n) is 7.30. The van der Waals surface area contributed by atoms with Crippen LogP contribution in [0.4, 0.5) is 20.2 Å². The van der Waals surface area contributed by atoms with Crippen molar-refractivity contribution in [2.75, 3.05) is 17.6 Å². The maximum atomic E-state index is 11.8. The predicted octanol–water partition coefficient (Wildman–Crippen LogP) is 1.82. The zero-order chi connectivity index (χ0) is 10.6. The molecule has 0 aromatic heterocycles. The second-order valence-corrected chi connectivity index (χ2v) is 2.69. The van der Waals surface area contributed by atoms with Gasteiger partial charge in [-0.2, -0.15) is 5.26 Å². The molecule has 14 heavy (non-hydrogen) atoms. The van der Waals surface area contributed by atoms with E-state index in [2.05, 4.69) is 5.32 Å². The Hall–Kier alpha value is -1.83. The van der Waals surface area contributed by atoms with Crippen LogP contribution < -0.4 is 11.1 Å². The summed E-state index contributed by atoms with van der Waals surface area (Å²) in [6.07, 6.45) is -2.42. The van der Waals surface area contributed by atoms with Crippen LogP contribution in [0.1, 0.15) is 5.56 Å². The Morgan fingerprint density at radius 2 is 2.21 bits per heavy atom. The highest BCUT2D eigenvalue weighted by molar-refractivity contribution is 5.61. The number of nitrogens with one attached hydrogen (secondary N) is 1. The molecule has 0 atom stereocenters. The van der Waals surface area contributed by atoms with E-state index in [0.717, 1.165) is 0 Å². The number of hydrogen-bond donors (Lipinski definition) is 2. The number of anilines is 2. The van der Waals surface area contributed by atoms with Crippen molar-refractivity contribution < 1.29 is 8.78 Å². The lowest BCUT2D eigenvalue weighted by molar-refractivity contribution is 0.163. The van der Waals surface area contributed by atoms with Gasteiger partial charge in [0.05, 0.1) is 12.1 Å². The van der Waals surface area contributed by atoms with Crippen molar-refractivity contribution in [3.8, 4) is 6.07 Å². The van der Waals surface area contributed by atoms with Crippen LogP contribution in [0.5, 0.6) is 0 Å². The van der Waals surface area contributed by atoms with Crippen LogP contribution in [-0.2, 0) is 0 Å². The first-order valence-corrected chi connectivity index (χ1v) is 3.95. The smallest absolute Gasteiger partial charge is 0.255 e. The largest absolute Gasteiger partial charge is 0.398 e. The van der Waals surface area contributed by atoms with E-state index >= 15 is 0 Å². The first-order valence-electron chi connectivity index (χ1n) is 3.95. The quantitative estimate of drug-likeness (QED) is 0.726. The molecule has 74 valence electrons. The molecular formula is C9H9F2N3. The lowest BCUT2D eigenvalue weighted by Crippen LogP contribution is -2.10. The molecule has 3 N–H and O–H groups in total. The van der Waals surface area contributed by atoms with Crippen LogP contribution in [0.2, 0.25) is 0 Å². The molecule has 0 bridgehead atoms. The fraction of sp³-hybridized carbons (Fsp3) is 0.222. The van der Waals surface area contributed by atoms with Gasteiger partial charge in [0.15, 0.2) is 0 Å². The van der Waals surface area contributed by atoms with Gasteiger partial charge in [-0.1, -0.05) is 0 Å². The summed E-state index contributed by atoms with van der Waals surface area (Å²) < 4.78 is 23.7. The lowest BCUT2D eigenvalue weighted by Gasteiger charge is -2.06. The third kappa shape index (κ3) is 2.59. The van der Waals surface area contributed by atoms with Crippen molar-refractivity contribution >= 4 is 11.4 Å². The summed E-state index contributed by atoms with van der Waals surface area (Å²) in [7, 11) is 0. The van der Waals surface area contributed by atoms with Crippen molar-refractivity contribution in [1.82, 2.24) is 0 Å². The molecule has 0 heterocycles.